The number of carbonyl (C=O) groups is 2. The van der Waals surface area contributed by atoms with Crippen molar-refractivity contribution in [3.05, 3.63) is 63.3 Å². The van der Waals surface area contributed by atoms with E-state index in [2.05, 4.69) is 10.3 Å². The molecule has 1 N–H and O–H groups in total. The maximum atomic E-state index is 13.7. The molecule has 1 aliphatic heterocycles. The van der Waals surface area contributed by atoms with E-state index in [4.69, 9.17) is 30.5 Å². The number of hydrogen-bond donors (Lipinski definition) is 1. The fourth-order valence-electron chi connectivity index (χ4n) is 4.99. The highest BCUT2D eigenvalue weighted by Gasteiger charge is 2.60. The van der Waals surface area contributed by atoms with Crippen LogP contribution in [0, 0.1) is 5.92 Å². The number of carbonyl (C=O) groups excluding carboxylic acids is 2. The van der Waals surface area contributed by atoms with Crippen LogP contribution in [0.25, 0.3) is 10.9 Å². The number of nitrogens with one attached hydrogen (secondary N) is 1. The van der Waals surface area contributed by atoms with E-state index in [0.717, 1.165) is 0 Å². The number of methoxy groups -OCH3 is 3. The number of benzene rings is 2. The third kappa shape index (κ3) is 3.91. The molecule has 1 aromatic heterocycles. The van der Waals surface area contributed by atoms with Crippen molar-refractivity contribution < 1.29 is 28.5 Å². The molecule has 2 aliphatic rings. The summed E-state index contributed by atoms with van der Waals surface area (Å²) in [6.45, 7) is 2.53. The smallest absolute Gasteiger partial charge is 0.261 e. The van der Waals surface area contributed by atoms with Crippen LogP contribution in [-0.2, 0) is 16.1 Å². The summed E-state index contributed by atoms with van der Waals surface area (Å²) in [5.41, 5.74) is -0.0901. The molecule has 11 heteroatoms. The van der Waals surface area contributed by atoms with Gasteiger partial charge in [0.2, 0.25) is 17.2 Å². The first kappa shape index (κ1) is 25.7. The zero-order valence-electron chi connectivity index (χ0n) is 21.3. The molecule has 2 unspecified atom stereocenters. The maximum Gasteiger partial charge on any atom is 0.261 e. The van der Waals surface area contributed by atoms with E-state index in [9.17, 15) is 14.4 Å². The SMILES string of the molecule is COCCn1cnc2ccc(NC3=CC(=O)C4(Oc5c(Cl)c(OC)cc(OC)c5C4=O)C(C)C3)cc2c1=O. The highest BCUT2D eigenvalue weighted by molar-refractivity contribution is 6.36. The molecular weight excluding hydrogens is 514 g/mol. The van der Waals surface area contributed by atoms with E-state index < -0.39 is 23.1 Å². The first-order valence-corrected chi connectivity index (χ1v) is 12.3. The van der Waals surface area contributed by atoms with Crippen LogP contribution in [0.5, 0.6) is 17.2 Å². The van der Waals surface area contributed by atoms with Crippen molar-refractivity contribution in [2.45, 2.75) is 25.5 Å². The van der Waals surface area contributed by atoms with Crippen molar-refractivity contribution in [2.24, 2.45) is 5.92 Å². The zero-order valence-corrected chi connectivity index (χ0v) is 22.0. The average Bonchev–Trinajstić information content (AvgIpc) is 3.22. The van der Waals surface area contributed by atoms with Gasteiger partial charge in [0.15, 0.2) is 5.75 Å². The molecule has 0 bridgehead atoms. The van der Waals surface area contributed by atoms with Gasteiger partial charge in [-0.3, -0.25) is 19.0 Å². The Balaban J connectivity index is 1.46. The van der Waals surface area contributed by atoms with Crippen LogP contribution in [0.1, 0.15) is 23.7 Å². The van der Waals surface area contributed by atoms with Gasteiger partial charge in [-0.05, 0) is 24.6 Å². The lowest BCUT2D eigenvalue weighted by atomic mass is 9.74. The molecule has 0 fully saturated rings. The molecule has 198 valence electrons. The predicted molar refractivity (Wildman–Crippen MR) is 141 cm³/mol. The van der Waals surface area contributed by atoms with E-state index in [1.54, 1.807) is 32.2 Å². The number of rotatable bonds is 7. The van der Waals surface area contributed by atoms with Gasteiger partial charge in [-0.15, -0.1) is 0 Å². The van der Waals surface area contributed by atoms with Gasteiger partial charge in [0.25, 0.3) is 5.56 Å². The van der Waals surface area contributed by atoms with Crippen molar-refractivity contribution >= 4 is 39.8 Å². The Hall–Kier alpha value is -3.89. The number of nitrogens with zero attached hydrogens (tertiary/aromatic N) is 2. The lowest BCUT2D eigenvalue weighted by Crippen LogP contribution is -2.55. The Morgan fingerprint density at radius 1 is 1.16 bits per heavy atom. The van der Waals surface area contributed by atoms with Gasteiger partial charge in [0.05, 0.1) is 44.6 Å². The number of anilines is 1. The molecule has 2 atom stereocenters. The Morgan fingerprint density at radius 2 is 1.92 bits per heavy atom. The van der Waals surface area contributed by atoms with Crippen LogP contribution < -0.4 is 25.1 Å². The van der Waals surface area contributed by atoms with Gasteiger partial charge in [-0.2, -0.15) is 0 Å². The quantitative estimate of drug-likeness (QED) is 0.449. The molecule has 2 aromatic carbocycles. The minimum atomic E-state index is -1.76. The van der Waals surface area contributed by atoms with Crippen molar-refractivity contribution in [3.63, 3.8) is 0 Å². The fraction of sp³-hybridized carbons (Fsp3) is 0.333. The van der Waals surface area contributed by atoms with Gasteiger partial charge in [-0.25, -0.2) is 4.98 Å². The average molecular weight is 540 g/mol. The molecule has 1 spiro atoms. The number of aromatic nitrogens is 2. The van der Waals surface area contributed by atoms with E-state index in [-0.39, 0.29) is 33.4 Å². The molecule has 0 saturated heterocycles. The maximum absolute atomic E-state index is 13.7. The number of halogens is 1. The van der Waals surface area contributed by atoms with Crippen LogP contribution in [-0.4, -0.2) is 54.7 Å². The molecule has 0 saturated carbocycles. The van der Waals surface area contributed by atoms with Crippen LogP contribution in [0.3, 0.4) is 0 Å². The number of hydrogen-bond acceptors (Lipinski definition) is 9. The second-order valence-electron chi connectivity index (χ2n) is 9.20. The normalized spacial score (nSPS) is 20.3. The van der Waals surface area contributed by atoms with Crippen LogP contribution in [0.15, 0.2) is 47.2 Å². The van der Waals surface area contributed by atoms with Gasteiger partial charge in [-0.1, -0.05) is 18.5 Å². The summed E-state index contributed by atoms with van der Waals surface area (Å²) in [6, 6.07) is 6.70. The molecule has 3 aromatic rings. The summed E-state index contributed by atoms with van der Waals surface area (Å²) >= 11 is 6.45. The van der Waals surface area contributed by atoms with Crippen molar-refractivity contribution in [1.29, 1.82) is 0 Å². The molecule has 10 nitrogen and oxygen atoms in total. The van der Waals surface area contributed by atoms with E-state index >= 15 is 0 Å². The number of ether oxygens (including phenoxy) is 4. The minimum absolute atomic E-state index is 0.0738. The molecule has 38 heavy (non-hydrogen) atoms. The van der Waals surface area contributed by atoms with Gasteiger partial charge in [0.1, 0.15) is 22.1 Å². The lowest BCUT2D eigenvalue weighted by Gasteiger charge is -2.35. The van der Waals surface area contributed by atoms with E-state index in [1.165, 1.54) is 37.3 Å². The molecule has 0 radical (unpaired) electrons. The standard InChI is InChI=1S/C27H26ClN3O7/c1-14-9-16(30-15-5-6-18-17(10-15)26(34)31(13-29-18)7-8-35-2)11-21(32)27(14)25(33)22-19(36-3)12-20(37-4)23(28)24(22)38-27/h5-6,10-14,30H,7-9H2,1-4H3. The number of fused-ring (bicyclic) bond motifs is 2. The monoisotopic (exact) mass is 539 g/mol. The third-order valence-corrected chi connectivity index (χ3v) is 7.33. The molecule has 0 amide bonds. The molecular formula is C27H26ClN3O7. The first-order chi connectivity index (χ1) is 18.2. The summed E-state index contributed by atoms with van der Waals surface area (Å²) in [5, 5.41) is 3.75. The van der Waals surface area contributed by atoms with Crippen molar-refractivity contribution in [1.82, 2.24) is 9.55 Å². The highest BCUT2D eigenvalue weighted by atomic mass is 35.5. The van der Waals surface area contributed by atoms with Crippen molar-refractivity contribution in [2.75, 3.05) is 33.3 Å². The Morgan fingerprint density at radius 3 is 2.61 bits per heavy atom. The zero-order chi connectivity index (χ0) is 27.2. The van der Waals surface area contributed by atoms with Crippen LogP contribution >= 0.6 is 11.6 Å². The number of Topliss-reactive ketones (excluding diaryl/α,β-unsaturated/α-hetero) is 1. The predicted octanol–water partition coefficient (Wildman–Crippen LogP) is 3.63. The van der Waals surface area contributed by atoms with Crippen molar-refractivity contribution in [3.8, 4) is 17.2 Å². The number of allylic oxidation sites excluding steroid dienone is 1. The minimum Gasteiger partial charge on any atom is -0.496 e. The Labute approximate surface area is 223 Å². The lowest BCUT2D eigenvalue weighted by molar-refractivity contribution is -0.129. The van der Waals surface area contributed by atoms with Gasteiger partial charge < -0.3 is 24.3 Å². The Kier molecular flexibility index (Phi) is 6.62. The summed E-state index contributed by atoms with van der Waals surface area (Å²) in [7, 11) is 4.42. The second-order valence-corrected chi connectivity index (χ2v) is 9.58. The molecule has 5 rings (SSSR count). The summed E-state index contributed by atoms with van der Waals surface area (Å²) in [5.74, 6) is -0.992. The van der Waals surface area contributed by atoms with Crippen LogP contribution in [0.2, 0.25) is 5.02 Å². The van der Waals surface area contributed by atoms with Gasteiger partial charge in [0, 0.05) is 36.6 Å². The second kappa shape index (κ2) is 9.77. The summed E-state index contributed by atoms with van der Waals surface area (Å²) in [4.78, 5) is 44.4. The first-order valence-electron chi connectivity index (χ1n) is 11.9. The van der Waals surface area contributed by atoms with Crippen LogP contribution in [0.4, 0.5) is 5.69 Å². The van der Waals surface area contributed by atoms with Gasteiger partial charge >= 0.3 is 0 Å². The third-order valence-electron chi connectivity index (χ3n) is 6.98. The fourth-order valence-corrected chi connectivity index (χ4v) is 5.25. The summed E-state index contributed by atoms with van der Waals surface area (Å²) in [6.07, 6.45) is 3.19. The number of ketones is 2. The van der Waals surface area contributed by atoms with E-state index in [0.29, 0.717) is 41.9 Å². The Bertz CT molecular complexity index is 1560. The largest absolute Gasteiger partial charge is 0.496 e. The molecule has 2 heterocycles. The molecule has 1 aliphatic carbocycles. The topological polar surface area (TPSA) is 118 Å². The highest BCUT2D eigenvalue weighted by Crippen LogP contribution is 2.53. The van der Waals surface area contributed by atoms with E-state index in [1.807, 2.05) is 0 Å². The summed E-state index contributed by atoms with van der Waals surface area (Å²) < 4.78 is 23.3.